The van der Waals surface area contributed by atoms with Gasteiger partial charge in [0, 0.05) is 24.6 Å². The molecule has 0 spiro atoms. The van der Waals surface area contributed by atoms with Crippen molar-refractivity contribution in [1.82, 2.24) is 10.2 Å². The second-order valence-corrected chi connectivity index (χ2v) is 5.92. The van der Waals surface area contributed by atoms with Crippen LogP contribution in [0.1, 0.15) is 40.7 Å². The van der Waals surface area contributed by atoms with Crippen molar-refractivity contribution in [3.05, 3.63) is 34.9 Å². The van der Waals surface area contributed by atoms with E-state index in [-0.39, 0.29) is 17.9 Å². The zero-order valence-corrected chi connectivity index (χ0v) is 12.0. The summed E-state index contributed by atoms with van der Waals surface area (Å²) in [4.78, 5) is 26.2. The molecule has 106 valence electrons. The molecule has 3 rings (SSSR count). The molecule has 2 fully saturated rings. The van der Waals surface area contributed by atoms with Crippen LogP contribution in [-0.2, 0) is 4.79 Å². The summed E-state index contributed by atoms with van der Waals surface area (Å²) in [6.07, 6.45) is 2.67. The van der Waals surface area contributed by atoms with E-state index < -0.39 is 0 Å². The van der Waals surface area contributed by atoms with E-state index in [2.05, 4.69) is 5.32 Å². The monoisotopic (exact) mass is 272 g/mol. The largest absolute Gasteiger partial charge is 0.347 e. The Bertz CT molecular complexity index is 543. The zero-order chi connectivity index (χ0) is 14.3. The van der Waals surface area contributed by atoms with Crippen LogP contribution in [0.15, 0.2) is 18.2 Å². The van der Waals surface area contributed by atoms with E-state index in [0.717, 1.165) is 29.5 Å². The molecule has 2 aliphatic rings. The fourth-order valence-electron chi connectivity index (χ4n) is 3.00. The Hall–Kier alpha value is -1.84. The SMILES string of the molecule is Cc1cccc(C)c1C(=O)NC1CC(=O)N(C2CC2)C1. The van der Waals surface area contributed by atoms with Gasteiger partial charge >= 0.3 is 0 Å². The standard InChI is InChI=1S/C16H20N2O2/c1-10-4-3-5-11(2)15(10)16(20)17-12-8-14(19)18(9-12)13-6-7-13/h3-5,12-13H,6-9H2,1-2H3,(H,17,20). The molecule has 1 unspecified atom stereocenters. The Morgan fingerprint density at radius 1 is 1.25 bits per heavy atom. The highest BCUT2D eigenvalue weighted by Gasteiger charge is 2.39. The first-order valence-corrected chi connectivity index (χ1v) is 7.23. The Labute approximate surface area is 119 Å². The number of hydrogen-bond acceptors (Lipinski definition) is 2. The first-order valence-electron chi connectivity index (χ1n) is 7.23. The molecule has 1 aromatic rings. The molecule has 4 heteroatoms. The Morgan fingerprint density at radius 2 is 1.90 bits per heavy atom. The van der Waals surface area contributed by atoms with Gasteiger partial charge in [-0.25, -0.2) is 0 Å². The highest BCUT2D eigenvalue weighted by atomic mass is 16.2. The van der Waals surface area contributed by atoms with Crippen LogP contribution in [0.2, 0.25) is 0 Å². The van der Waals surface area contributed by atoms with Gasteiger partial charge in [-0.05, 0) is 37.8 Å². The molecule has 0 bridgehead atoms. The zero-order valence-electron chi connectivity index (χ0n) is 12.0. The molecule has 1 atom stereocenters. The number of nitrogens with one attached hydrogen (secondary N) is 1. The molecule has 1 saturated carbocycles. The first kappa shape index (κ1) is 13.2. The lowest BCUT2D eigenvalue weighted by molar-refractivity contribution is -0.128. The van der Waals surface area contributed by atoms with Crippen molar-refractivity contribution in [3.8, 4) is 0 Å². The van der Waals surface area contributed by atoms with Crippen LogP contribution < -0.4 is 5.32 Å². The van der Waals surface area contributed by atoms with E-state index in [0.29, 0.717) is 19.0 Å². The fraction of sp³-hybridized carbons (Fsp3) is 0.500. The van der Waals surface area contributed by atoms with Crippen molar-refractivity contribution >= 4 is 11.8 Å². The fourth-order valence-corrected chi connectivity index (χ4v) is 3.00. The number of rotatable bonds is 3. The summed E-state index contributed by atoms with van der Waals surface area (Å²) < 4.78 is 0. The van der Waals surface area contributed by atoms with Gasteiger partial charge < -0.3 is 10.2 Å². The molecule has 0 aromatic heterocycles. The number of carbonyl (C=O) groups is 2. The predicted molar refractivity (Wildman–Crippen MR) is 76.5 cm³/mol. The second-order valence-electron chi connectivity index (χ2n) is 5.92. The van der Waals surface area contributed by atoms with Crippen molar-refractivity contribution < 1.29 is 9.59 Å². The summed E-state index contributed by atoms with van der Waals surface area (Å²) in [7, 11) is 0. The van der Waals surface area contributed by atoms with Crippen LogP contribution in [0.5, 0.6) is 0 Å². The molecule has 4 nitrogen and oxygen atoms in total. The lowest BCUT2D eigenvalue weighted by Gasteiger charge is -2.17. The molecule has 2 amide bonds. The van der Waals surface area contributed by atoms with E-state index in [4.69, 9.17) is 0 Å². The molecule has 1 saturated heterocycles. The molecule has 1 aromatic carbocycles. The maximum atomic E-state index is 12.4. The third-order valence-corrected chi connectivity index (χ3v) is 4.19. The molecule has 1 N–H and O–H groups in total. The molecular weight excluding hydrogens is 252 g/mol. The summed E-state index contributed by atoms with van der Waals surface area (Å²) in [5.74, 6) is 0.121. The van der Waals surface area contributed by atoms with Crippen molar-refractivity contribution in [2.24, 2.45) is 0 Å². The Balaban J connectivity index is 1.69. The summed E-state index contributed by atoms with van der Waals surface area (Å²) in [6, 6.07) is 6.23. The average molecular weight is 272 g/mol. The Kier molecular flexibility index (Phi) is 3.24. The van der Waals surface area contributed by atoms with Gasteiger partial charge in [-0.2, -0.15) is 0 Å². The van der Waals surface area contributed by atoms with E-state index in [9.17, 15) is 9.59 Å². The van der Waals surface area contributed by atoms with Crippen LogP contribution in [0.4, 0.5) is 0 Å². The van der Waals surface area contributed by atoms with Gasteiger partial charge in [0.2, 0.25) is 5.91 Å². The highest BCUT2D eigenvalue weighted by Crippen LogP contribution is 2.30. The lowest BCUT2D eigenvalue weighted by atomic mass is 10.0. The topological polar surface area (TPSA) is 49.4 Å². The minimum absolute atomic E-state index is 0.0467. The van der Waals surface area contributed by atoms with Gasteiger partial charge in [0.05, 0.1) is 6.04 Å². The molecule has 0 radical (unpaired) electrons. The first-order chi connectivity index (χ1) is 9.56. The van der Waals surface area contributed by atoms with Crippen molar-refractivity contribution in [3.63, 3.8) is 0 Å². The van der Waals surface area contributed by atoms with Crippen molar-refractivity contribution in [1.29, 1.82) is 0 Å². The molecular formula is C16H20N2O2. The quantitative estimate of drug-likeness (QED) is 0.912. The van der Waals surface area contributed by atoms with E-state index in [1.807, 2.05) is 36.9 Å². The summed E-state index contributed by atoms with van der Waals surface area (Å²) in [6.45, 7) is 4.55. The number of likely N-dealkylation sites (tertiary alicyclic amines) is 1. The minimum Gasteiger partial charge on any atom is -0.347 e. The maximum Gasteiger partial charge on any atom is 0.252 e. The van der Waals surface area contributed by atoms with Crippen LogP contribution in [0, 0.1) is 13.8 Å². The number of nitrogens with zero attached hydrogens (tertiary/aromatic N) is 1. The third kappa shape index (κ3) is 2.42. The number of aryl methyl sites for hydroxylation is 2. The normalized spacial score (nSPS) is 22.2. The smallest absolute Gasteiger partial charge is 0.252 e. The van der Waals surface area contributed by atoms with Gasteiger partial charge in [-0.3, -0.25) is 9.59 Å². The van der Waals surface area contributed by atoms with Crippen molar-refractivity contribution in [2.75, 3.05) is 6.54 Å². The van der Waals surface area contributed by atoms with Crippen LogP contribution in [0.3, 0.4) is 0 Å². The summed E-state index contributed by atoms with van der Waals surface area (Å²) >= 11 is 0. The minimum atomic E-state index is -0.0592. The molecule has 1 heterocycles. The maximum absolute atomic E-state index is 12.4. The number of hydrogen-bond donors (Lipinski definition) is 1. The van der Waals surface area contributed by atoms with Gasteiger partial charge in [-0.1, -0.05) is 18.2 Å². The summed E-state index contributed by atoms with van der Waals surface area (Å²) in [5, 5.41) is 3.02. The highest BCUT2D eigenvalue weighted by molar-refractivity contribution is 5.97. The lowest BCUT2D eigenvalue weighted by Crippen LogP contribution is -2.38. The van der Waals surface area contributed by atoms with Gasteiger partial charge in [-0.15, -0.1) is 0 Å². The second kappa shape index (κ2) is 4.93. The molecule has 1 aliphatic heterocycles. The molecule has 1 aliphatic carbocycles. The Morgan fingerprint density at radius 3 is 2.50 bits per heavy atom. The third-order valence-electron chi connectivity index (χ3n) is 4.19. The van der Waals surface area contributed by atoms with E-state index >= 15 is 0 Å². The molecule has 20 heavy (non-hydrogen) atoms. The number of carbonyl (C=O) groups excluding carboxylic acids is 2. The number of benzene rings is 1. The van der Waals surface area contributed by atoms with E-state index in [1.54, 1.807) is 0 Å². The van der Waals surface area contributed by atoms with Gasteiger partial charge in [0.15, 0.2) is 0 Å². The number of amides is 2. The van der Waals surface area contributed by atoms with Gasteiger partial charge in [0.25, 0.3) is 5.91 Å². The van der Waals surface area contributed by atoms with Crippen molar-refractivity contribution in [2.45, 2.75) is 45.2 Å². The van der Waals surface area contributed by atoms with Crippen LogP contribution in [0.25, 0.3) is 0 Å². The van der Waals surface area contributed by atoms with Gasteiger partial charge in [0.1, 0.15) is 0 Å². The summed E-state index contributed by atoms with van der Waals surface area (Å²) in [5.41, 5.74) is 2.70. The predicted octanol–water partition coefficient (Wildman–Crippen LogP) is 1.80. The van der Waals surface area contributed by atoms with Crippen LogP contribution >= 0.6 is 0 Å². The van der Waals surface area contributed by atoms with Crippen LogP contribution in [-0.4, -0.2) is 35.3 Å². The van der Waals surface area contributed by atoms with E-state index in [1.165, 1.54) is 0 Å². The average Bonchev–Trinajstić information content (AvgIpc) is 3.14.